The van der Waals surface area contributed by atoms with Crippen LogP contribution in [0.4, 0.5) is 0 Å². The normalized spacial score (nSPS) is 20.5. The van der Waals surface area contributed by atoms with Crippen molar-refractivity contribution < 1.29 is 9.59 Å². The quantitative estimate of drug-likeness (QED) is 0.821. The van der Waals surface area contributed by atoms with Crippen molar-refractivity contribution in [2.45, 2.75) is 51.1 Å². The zero-order valence-electron chi connectivity index (χ0n) is 15.9. The van der Waals surface area contributed by atoms with Crippen molar-refractivity contribution in [3.8, 4) is 0 Å². The number of hydrogen-bond acceptors (Lipinski definition) is 2. The maximum absolute atomic E-state index is 12.9. The van der Waals surface area contributed by atoms with Gasteiger partial charge in [-0.3, -0.25) is 9.59 Å². The van der Waals surface area contributed by atoms with Gasteiger partial charge in [-0.25, -0.2) is 0 Å². The van der Waals surface area contributed by atoms with Crippen molar-refractivity contribution in [3.05, 3.63) is 71.8 Å². The molecule has 4 nitrogen and oxygen atoms in total. The molecule has 1 atom stereocenters. The molecule has 0 spiro atoms. The lowest BCUT2D eigenvalue weighted by atomic mass is 9.87. The topological polar surface area (TPSA) is 58.2 Å². The number of amides is 2. The molecular weight excluding hydrogens is 336 g/mol. The van der Waals surface area contributed by atoms with Gasteiger partial charge in [0.15, 0.2) is 0 Å². The molecule has 27 heavy (non-hydrogen) atoms. The summed E-state index contributed by atoms with van der Waals surface area (Å²) in [4.78, 5) is 25.5. The van der Waals surface area contributed by atoms with Gasteiger partial charge in [0.05, 0.1) is 0 Å². The van der Waals surface area contributed by atoms with E-state index >= 15 is 0 Å². The smallest absolute Gasteiger partial charge is 0.251 e. The molecule has 2 N–H and O–H groups in total. The van der Waals surface area contributed by atoms with Crippen LogP contribution in [0.2, 0.25) is 0 Å². The number of rotatable bonds is 6. The largest absolute Gasteiger partial charge is 0.352 e. The van der Waals surface area contributed by atoms with E-state index < -0.39 is 6.04 Å². The number of carbonyl (C=O) groups is 2. The Morgan fingerprint density at radius 3 is 2.15 bits per heavy atom. The molecule has 2 aromatic carbocycles. The second kappa shape index (κ2) is 9.36. The Balaban J connectivity index is 1.68. The molecule has 2 amide bonds. The lowest BCUT2D eigenvalue weighted by Crippen LogP contribution is -2.51. The first kappa shape index (κ1) is 19.2. The van der Waals surface area contributed by atoms with E-state index in [0.717, 1.165) is 37.2 Å². The van der Waals surface area contributed by atoms with Crippen molar-refractivity contribution >= 4 is 11.8 Å². The highest BCUT2D eigenvalue weighted by molar-refractivity contribution is 5.97. The molecular formula is C23H28N2O2. The van der Waals surface area contributed by atoms with Crippen LogP contribution in [0.15, 0.2) is 60.7 Å². The average Bonchev–Trinajstić information content (AvgIpc) is 2.70. The minimum atomic E-state index is -0.584. The molecule has 0 heterocycles. The van der Waals surface area contributed by atoms with Gasteiger partial charge >= 0.3 is 0 Å². The van der Waals surface area contributed by atoms with Gasteiger partial charge in [0.2, 0.25) is 5.91 Å². The second-order valence-electron chi connectivity index (χ2n) is 7.55. The van der Waals surface area contributed by atoms with E-state index in [1.165, 1.54) is 0 Å². The first-order chi connectivity index (χ1) is 13.1. The Morgan fingerprint density at radius 1 is 0.926 bits per heavy atom. The summed E-state index contributed by atoms with van der Waals surface area (Å²) in [6.07, 6.45) is 4.79. The number of hydrogen-bond donors (Lipinski definition) is 2. The summed E-state index contributed by atoms with van der Waals surface area (Å²) in [5.74, 6) is 0.419. The highest BCUT2D eigenvalue weighted by Gasteiger charge is 2.26. The lowest BCUT2D eigenvalue weighted by Gasteiger charge is -2.29. The molecule has 0 bridgehead atoms. The van der Waals surface area contributed by atoms with Crippen LogP contribution in [-0.4, -0.2) is 23.9 Å². The lowest BCUT2D eigenvalue weighted by molar-refractivity contribution is -0.123. The first-order valence-electron chi connectivity index (χ1n) is 9.82. The van der Waals surface area contributed by atoms with Crippen LogP contribution in [0, 0.1) is 5.92 Å². The Kier molecular flexibility index (Phi) is 6.64. The van der Waals surface area contributed by atoms with E-state index in [0.29, 0.717) is 12.0 Å². The highest BCUT2D eigenvalue weighted by Crippen LogP contribution is 2.23. The third-order valence-corrected chi connectivity index (χ3v) is 5.30. The predicted molar refractivity (Wildman–Crippen MR) is 107 cm³/mol. The fraction of sp³-hybridized carbons (Fsp3) is 0.391. The number of nitrogens with one attached hydrogen (secondary N) is 2. The molecule has 142 valence electrons. The molecule has 0 unspecified atom stereocenters. The molecule has 3 rings (SSSR count). The number of benzene rings is 2. The second-order valence-corrected chi connectivity index (χ2v) is 7.55. The van der Waals surface area contributed by atoms with E-state index in [9.17, 15) is 9.59 Å². The Labute approximate surface area is 161 Å². The van der Waals surface area contributed by atoms with Crippen LogP contribution in [-0.2, 0) is 11.2 Å². The molecule has 0 aromatic heterocycles. The van der Waals surface area contributed by atoms with Crippen LogP contribution in [0.25, 0.3) is 0 Å². The van der Waals surface area contributed by atoms with Crippen LogP contribution in [0.5, 0.6) is 0 Å². The Bertz CT molecular complexity index is 737. The van der Waals surface area contributed by atoms with Crippen molar-refractivity contribution in [2.24, 2.45) is 5.92 Å². The summed E-state index contributed by atoms with van der Waals surface area (Å²) in [5.41, 5.74) is 1.60. The maximum Gasteiger partial charge on any atom is 0.251 e. The summed E-state index contributed by atoms with van der Waals surface area (Å²) in [5, 5.41) is 6.09. The molecule has 4 heteroatoms. The van der Waals surface area contributed by atoms with Crippen LogP contribution in [0.3, 0.4) is 0 Å². The van der Waals surface area contributed by atoms with Gasteiger partial charge in [-0.2, -0.15) is 0 Å². The van der Waals surface area contributed by atoms with E-state index in [1.54, 1.807) is 12.1 Å². The van der Waals surface area contributed by atoms with Gasteiger partial charge in [-0.1, -0.05) is 55.5 Å². The van der Waals surface area contributed by atoms with E-state index in [-0.39, 0.29) is 17.9 Å². The molecule has 1 fully saturated rings. The molecule has 0 aliphatic heterocycles. The van der Waals surface area contributed by atoms with Gasteiger partial charge in [0.25, 0.3) is 5.91 Å². The SMILES string of the molecule is CC1CCC(NC(=O)[C@@H](Cc2ccccc2)NC(=O)c2ccccc2)CC1. The molecule has 0 saturated heterocycles. The molecule has 1 aliphatic rings. The van der Waals surface area contributed by atoms with Gasteiger partial charge in [0, 0.05) is 18.0 Å². The van der Waals surface area contributed by atoms with Crippen molar-refractivity contribution in [3.63, 3.8) is 0 Å². The summed E-state index contributed by atoms with van der Waals surface area (Å²) in [7, 11) is 0. The minimum absolute atomic E-state index is 0.0947. The Hall–Kier alpha value is -2.62. The summed E-state index contributed by atoms with van der Waals surface area (Å²) < 4.78 is 0. The number of carbonyl (C=O) groups excluding carboxylic acids is 2. The molecule has 1 saturated carbocycles. The van der Waals surface area contributed by atoms with Gasteiger partial charge < -0.3 is 10.6 Å². The first-order valence-corrected chi connectivity index (χ1v) is 9.82. The van der Waals surface area contributed by atoms with Crippen molar-refractivity contribution in [1.82, 2.24) is 10.6 Å². The van der Waals surface area contributed by atoms with Gasteiger partial charge in [-0.15, -0.1) is 0 Å². The zero-order chi connectivity index (χ0) is 19.1. The predicted octanol–water partition coefficient (Wildman–Crippen LogP) is 3.72. The maximum atomic E-state index is 12.9. The van der Waals surface area contributed by atoms with Gasteiger partial charge in [-0.05, 0) is 49.3 Å². The zero-order valence-corrected chi connectivity index (χ0v) is 15.9. The summed E-state index contributed by atoms with van der Waals surface area (Å²) in [6.45, 7) is 2.26. The summed E-state index contributed by atoms with van der Waals surface area (Å²) >= 11 is 0. The fourth-order valence-corrected chi connectivity index (χ4v) is 3.60. The van der Waals surface area contributed by atoms with E-state index in [2.05, 4.69) is 17.6 Å². The van der Waals surface area contributed by atoms with Crippen LogP contribution >= 0.6 is 0 Å². The Morgan fingerprint density at radius 2 is 1.52 bits per heavy atom. The average molecular weight is 364 g/mol. The standard InChI is InChI=1S/C23H28N2O2/c1-17-12-14-20(15-13-17)24-23(27)21(16-18-8-4-2-5-9-18)25-22(26)19-10-6-3-7-11-19/h2-11,17,20-21H,12-16H2,1H3,(H,24,27)(H,25,26)/t17?,20?,21-/m1/s1. The summed E-state index contributed by atoms with van der Waals surface area (Å²) in [6, 6.07) is 18.5. The fourth-order valence-electron chi connectivity index (χ4n) is 3.60. The van der Waals surface area contributed by atoms with Crippen LogP contribution in [0.1, 0.15) is 48.5 Å². The third kappa shape index (κ3) is 5.68. The van der Waals surface area contributed by atoms with Crippen molar-refractivity contribution in [1.29, 1.82) is 0 Å². The molecule has 2 aromatic rings. The van der Waals surface area contributed by atoms with E-state index in [4.69, 9.17) is 0 Å². The third-order valence-electron chi connectivity index (χ3n) is 5.30. The minimum Gasteiger partial charge on any atom is -0.352 e. The molecule has 1 aliphatic carbocycles. The van der Waals surface area contributed by atoms with Crippen molar-refractivity contribution in [2.75, 3.05) is 0 Å². The molecule has 0 radical (unpaired) electrons. The van der Waals surface area contributed by atoms with Gasteiger partial charge in [0.1, 0.15) is 6.04 Å². The van der Waals surface area contributed by atoms with E-state index in [1.807, 2.05) is 48.5 Å². The highest BCUT2D eigenvalue weighted by atomic mass is 16.2. The monoisotopic (exact) mass is 364 g/mol. The van der Waals surface area contributed by atoms with Crippen LogP contribution < -0.4 is 10.6 Å².